The molecule has 0 bridgehead atoms. The Hall–Kier alpha value is -1.76. The third kappa shape index (κ3) is 2.33. The van der Waals surface area contributed by atoms with Gasteiger partial charge in [-0.3, -0.25) is 0 Å². The third-order valence-electron chi connectivity index (χ3n) is 2.22. The van der Waals surface area contributed by atoms with E-state index in [0.717, 1.165) is 17.4 Å². The van der Waals surface area contributed by atoms with Gasteiger partial charge >= 0.3 is 0 Å². The number of benzene rings is 1. The normalized spacial score (nSPS) is 11.7. The van der Waals surface area contributed by atoms with Crippen molar-refractivity contribution in [2.24, 2.45) is 0 Å². The maximum atomic E-state index is 11.5. The van der Waals surface area contributed by atoms with Crippen molar-refractivity contribution in [3.8, 4) is 5.69 Å². The summed E-state index contributed by atoms with van der Waals surface area (Å²) in [7, 11) is -3.44. The first kappa shape index (κ1) is 11.7. The monoisotopic (exact) mass is 252 g/mol. The molecule has 0 aliphatic carbocycles. The molecule has 1 aromatic carbocycles. The van der Waals surface area contributed by atoms with Gasteiger partial charge < -0.3 is 0 Å². The molecule has 90 valence electrons. The van der Waals surface area contributed by atoms with Gasteiger partial charge in [0.1, 0.15) is 0 Å². The van der Waals surface area contributed by atoms with Crippen LogP contribution >= 0.6 is 0 Å². The fourth-order valence-corrected chi connectivity index (χ4v) is 2.29. The molecule has 0 amide bonds. The van der Waals surface area contributed by atoms with E-state index in [1.54, 1.807) is 0 Å². The maximum absolute atomic E-state index is 11.5. The van der Waals surface area contributed by atoms with Gasteiger partial charge in [0.25, 0.3) is 5.16 Å². The summed E-state index contributed by atoms with van der Waals surface area (Å²) < 4.78 is 24.2. The molecule has 0 N–H and O–H groups in total. The molecule has 17 heavy (non-hydrogen) atoms. The number of tetrazole rings is 1. The van der Waals surface area contributed by atoms with Crippen molar-refractivity contribution in [1.29, 1.82) is 0 Å². The Balaban J connectivity index is 2.66. The van der Waals surface area contributed by atoms with E-state index < -0.39 is 9.84 Å². The predicted octanol–water partition coefficient (Wildman–Crippen LogP) is 0.683. The average molecular weight is 252 g/mol. The fourth-order valence-electron chi connectivity index (χ4n) is 1.65. The van der Waals surface area contributed by atoms with Crippen molar-refractivity contribution in [3.63, 3.8) is 0 Å². The number of rotatable bonds is 2. The summed E-state index contributed by atoms with van der Waals surface area (Å²) in [5, 5.41) is 10.5. The summed E-state index contributed by atoms with van der Waals surface area (Å²) >= 11 is 0. The minimum Gasteiger partial charge on any atom is -0.221 e. The van der Waals surface area contributed by atoms with Crippen LogP contribution in [0.25, 0.3) is 5.69 Å². The highest BCUT2D eigenvalue weighted by molar-refractivity contribution is 7.90. The molecule has 0 spiro atoms. The van der Waals surface area contributed by atoms with Gasteiger partial charge in [-0.1, -0.05) is 11.2 Å². The predicted molar refractivity (Wildman–Crippen MR) is 61.7 cm³/mol. The lowest BCUT2D eigenvalue weighted by Crippen LogP contribution is -2.09. The van der Waals surface area contributed by atoms with E-state index in [9.17, 15) is 8.42 Å². The number of hydrogen-bond acceptors (Lipinski definition) is 5. The number of nitrogens with zero attached hydrogens (tertiary/aromatic N) is 4. The Kier molecular flexibility index (Phi) is 2.70. The van der Waals surface area contributed by atoms with Gasteiger partial charge in [-0.2, -0.15) is 4.68 Å². The molecular weight excluding hydrogens is 240 g/mol. The maximum Gasteiger partial charge on any atom is 0.272 e. The first-order valence-corrected chi connectivity index (χ1v) is 6.84. The van der Waals surface area contributed by atoms with E-state index >= 15 is 0 Å². The standard InChI is InChI=1S/C10H12N4O2S/c1-7-4-8(2)6-9(5-7)14-10(11-12-13-14)17(3,15)16/h4-6H,1-3H3. The van der Waals surface area contributed by atoms with Crippen molar-refractivity contribution in [2.75, 3.05) is 6.26 Å². The zero-order valence-corrected chi connectivity index (χ0v) is 10.6. The Labute approximate surface area is 99.2 Å². The van der Waals surface area contributed by atoms with Gasteiger partial charge in [0.2, 0.25) is 9.84 Å². The molecule has 2 rings (SSSR count). The van der Waals surface area contributed by atoms with E-state index in [4.69, 9.17) is 0 Å². The molecule has 0 aliphatic rings. The molecule has 2 aromatic rings. The number of aryl methyl sites for hydroxylation is 2. The van der Waals surface area contributed by atoms with Crippen molar-refractivity contribution in [3.05, 3.63) is 29.3 Å². The lowest BCUT2D eigenvalue weighted by molar-refractivity contribution is 0.586. The van der Waals surface area contributed by atoms with Crippen LogP contribution < -0.4 is 0 Å². The number of aromatic nitrogens is 4. The summed E-state index contributed by atoms with van der Waals surface area (Å²) in [5.74, 6) is 0. The molecule has 0 saturated carbocycles. The van der Waals surface area contributed by atoms with E-state index in [-0.39, 0.29) is 5.16 Å². The lowest BCUT2D eigenvalue weighted by atomic mass is 10.1. The number of hydrogen-bond donors (Lipinski definition) is 0. The topological polar surface area (TPSA) is 77.7 Å². The van der Waals surface area contributed by atoms with Crippen LogP contribution in [0.2, 0.25) is 0 Å². The van der Waals surface area contributed by atoms with Crippen LogP contribution in [-0.2, 0) is 9.84 Å². The molecular formula is C10H12N4O2S. The van der Waals surface area contributed by atoms with Crippen LogP contribution in [0.5, 0.6) is 0 Å². The molecule has 0 saturated heterocycles. The molecule has 7 heteroatoms. The lowest BCUT2D eigenvalue weighted by Gasteiger charge is -2.05. The van der Waals surface area contributed by atoms with Gasteiger partial charge in [0.15, 0.2) is 0 Å². The van der Waals surface area contributed by atoms with Crippen LogP contribution in [0.4, 0.5) is 0 Å². The van der Waals surface area contributed by atoms with Crippen molar-refractivity contribution in [1.82, 2.24) is 20.2 Å². The quantitative estimate of drug-likeness (QED) is 0.785. The molecule has 0 fully saturated rings. The van der Waals surface area contributed by atoms with E-state index in [0.29, 0.717) is 5.69 Å². The van der Waals surface area contributed by atoms with E-state index in [2.05, 4.69) is 15.5 Å². The highest BCUT2D eigenvalue weighted by Gasteiger charge is 2.18. The third-order valence-corrected chi connectivity index (χ3v) is 3.14. The van der Waals surface area contributed by atoms with Crippen LogP contribution in [-0.4, -0.2) is 34.9 Å². The minimum atomic E-state index is -3.44. The zero-order chi connectivity index (χ0) is 12.6. The second-order valence-corrected chi connectivity index (χ2v) is 5.90. The van der Waals surface area contributed by atoms with Crippen LogP contribution in [0.15, 0.2) is 23.4 Å². The second-order valence-electron chi connectivity index (χ2n) is 3.99. The average Bonchev–Trinajstić information content (AvgIpc) is 2.63. The Bertz CT molecular complexity index is 640. The molecule has 0 aliphatic heterocycles. The first-order valence-electron chi connectivity index (χ1n) is 4.95. The smallest absolute Gasteiger partial charge is 0.221 e. The highest BCUT2D eigenvalue weighted by Crippen LogP contribution is 2.15. The summed E-state index contributed by atoms with van der Waals surface area (Å²) in [4.78, 5) is 0. The van der Waals surface area contributed by atoms with Crippen LogP contribution in [0, 0.1) is 13.8 Å². The van der Waals surface area contributed by atoms with Gasteiger partial charge in [0, 0.05) is 6.26 Å². The largest absolute Gasteiger partial charge is 0.272 e. The molecule has 0 atom stereocenters. The van der Waals surface area contributed by atoms with E-state index in [1.807, 2.05) is 32.0 Å². The van der Waals surface area contributed by atoms with Crippen molar-refractivity contribution < 1.29 is 8.42 Å². The Morgan fingerprint density at radius 3 is 2.24 bits per heavy atom. The summed E-state index contributed by atoms with van der Waals surface area (Å²) in [5.41, 5.74) is 2.69. The molecule has 6 nitrogen and oxygen atoms in total. The Morgan fingerprint density at radius 1 is 1.12 bits per heavy atom. The Morgan fingerprint density at radius 2 is 1.71 bits per heavy atom. The number of sulfone groups is 1. The summed E-state index contributed by atoms with van der Waals surface area (Å²) in [6, 6.07) is 5.66. The van der Waals surface area contributed by atoms with Gasteiger partial charge in [0.05, 0.1) is 5.69 Å². The summed E-state index contributed by atoms with van der Waals surface area (Å²) in [6.07, 6.45) is 1.08. The first-order chi connectivity index (χ1) is 7.88. The van der Waals surface area contributed by atoms with Gasteiger partial charge in [-0.05, 0) is 47.5 Å². The molecule has 1 aromatic heterocycles. The van der Waals surface area contributed by atoms with Crippen LogP contribution in [0.1, 0.15) is 11.1 Å². The summed E-state index contributed by atoms with van der Waals surface area (Å²) in [6.45, 7) is 3.86. The second kappa shape index (κ2) is 3.92. The zero-order valence-electron chi connectivity index (χ0n) is 9.75. The van der Waals surface area contributed by atoms with Gasteiger partial charge in [-0.15, -0.1) is 0 Å². The minimum absolute atomic E-state index is 0.150. The molecule has 0 radical (unpaired) electrons. The van der Waals surface area contributed by atoms with E-state index in [1.165, 1.54) is 4.68 Å². The fraction of sp³-hybridized carbons (Fsp3) is 0.300. The van der Waals surface area contributed by atoms with Crippen LogP contribution in [0.3, 0.4) is 0 Å². The molecule has 0 unspecified atom stereocenters. The highest BCUT2D eigenvalue weighted by atomic mass is 32.2. The SMILES string of the molecule is Cc1cc(C)cc(-n2nnnc2S(C)(=O)=O)c1. The van der Waals surface area contributed by atoms with Gasteiger partial charge in [-0.25, -0.2) is 8.42 Å². The van der Waals surface area contributed by atoms with Crippen molar-refractivity contribution in [2.45, 2.75) is 19.0 Å². The molecule has 1 heterocycles. The van der Waals surface area contributed by atoms with Crippen molar-refractivity contribution >= 4 is 9.84 Å².